The lowest BCUT2D eigenvalue weighted by molar-refractivity contribution is 0.295. The molecule has 0 atom stereocenters. The molecule has 0 radical (unpaired) electrons. The van der Waals surface area contributed by atoms with Gasteiger partial charge in [0, 0.05) is 5.57 Å². The number of methoxy groups -OCH3 is 1. The highest BCUT2D eigenvalue weighted by Gasteiger charge is 2.24. The normalized spacial score (nSPS) is 17.5. The highest BCUT2D eigenvalue weighted by molar-refractivity contribution is 5.84. The Balaban J connectivity index is 1.97. The maximum atomic E-state index is 8.85. The maximum absolute atomic E-state index is 8.85. The molecule has 2 aliphatic carbocycles. The Labute approximate surface area is 113 Å². The van der Waals surface area contributed by atoms with Gasteiger partial charge in [0.05, 0.1) is 18.7 Å². The van der Waals surface area contributed by atoms with E-state index in [9.17, 15) is 0 Å². The fourth-order valence-electron chi connectivity index (χ4n) is 2.84. The van der Waals surface area contributed by atoms with Gasteiger partial charge in [-0.2, -0.15) is 5.26 Å². The Bertz CT molecular complexity index is 639. The summed E-state index contributed by atoms with van der Waals surface area (Å²) in [4.78, 5) is 0. The van der Waals surface area contributed by atoms with Gasteiger partial charge in [-0.25, -0.2) is 0 Å². The van der Waals surface area contributed by atoms with Crippen LogP contribution in [0.25, 0.3) is 5.57 Å². The molecular weight excluding hydrogens is 234 g/mol. The quantitative estimate of drug-likeness (QED) is 0.794. The van der Waals surface area contributed by atoms with Crippen molar-refractivity contribution in [3.8, 4) is 6.07 Å². The van der Waals surface area contributed by atoms with E-state index in [1.54, 1.807) is 7.11 Å². The molecule has 0 heterocycles. The second-order valence-corrected chi connectivity index (χ2v) is 4.78. The summed E-state index contributed by atoms with van der Waals surface area (Å²) in [5, 5.41) is 8.85. The van der Waals surface area contributed by atoms with Crippen molar-refractivity contribution in [3.05, 3.63) is 64.4 Å². The summed E-state index contributed by atoms with van der Waals surface area (Å²) in [6.45, 7) is 0. The predicted molar refractivity (Wildman–Crippen MR) is 75.1 cm³/mol. The van der Waals surface area contributed by atoms with Crippen molar-refractivity contribution in [1.29, 1.82) is 5.26 Å². The third-order valence-electron chi connectivity index (χ3n) is 3.77. The van der Waals surface area contributed by atoms with E-state index in [-0.39, 0.29) is 0 Å². The maximum Gasteiger partial charge on any atom is 0.118 e. The molecule has 0 spiro atoms. The van der Waals surface area contributed by atoms with Crippen LogP contribution in [0.1, 0.15) is 30.4 Å². The summed E-state index contributed by atoms with van der Waals surface area (Å²) in [7, 11) is 1.74. The van der Waals surface area contributed by atoms with Gasteiger partial charge in [-0.3, -0.25) is 0 Å². The Morgan fingerprint density at radius 1 is 1.11 bits per heavy atom. The molecule has 0 unspecified atom stereocenters. The molecule has 0 bridgehead atoms. The van der Waals surface area contributed by atoms with Gasteiger partial charge in [-0.15, -0.1) is 0 Å². The number of benzene rings is 1. The molecule has 3 rings (SSSR count). The van der Waals surface area contributed by atoms with Gasteiger partial charge in [-0.1, -0.05) is 18.2 Å². The summed E-state index contributed by atoms with van der Waals surface area (Å²) in [5.74, 6) is 1.03. The molecule has 0 N–H and O–H groups in total. The van der Waals surface area contributed by atoms with Crippen molar-refractivity contribution in [2.75, 3.05) is 7.11 Å². The third-order valence-corrected chi connectivity index (χ3v) is 3.77. The Morgan fingerprint density at radius 3 is 2.58 bits per heavy atom. The van der Waals surface area contributed by atoms with E-state index >= 15 is 0 Å². The monoisotopic (exact) mass is 249 g/mol. The summed E-state index contributed by atoms with van der Waals surface area (Å²) in [6, 6.07) is 9.98. The van der Waals surface area contributed by atoms with E-state index in [0.717, 1.165) is 25.0 Å². The molecular formula is C17H15NO. The molecule has 0 fully saturated rings. The smallest absolute Gasteiger partial charge is 0.118 e. The number of nitriles is 1. The number of allylic oxidation sites excluding steroid dienone is 5. The van der Waals surface area contributed by atoms with Crippen LogP contribution >= 0.6 is 0 Å². The minimum Gasteiger partial charge on any atom is -0.497 e. The lowest BCUT2D eigenvalue weighted by Gasteiger charge is -2.18. The fourth-order valence-corrected chi connectivity index (χ4v) is 2.84. The SMILES string of the molecule is COC1=CCCC2=C1CC=C2c1ccc(C#N)cc1. The van der Waals surface area contributed by atoms with Crippen LogP contribution < -0.4 is 0 Å². The van der Waals surface area contributed by atoms with Crippen LogP contribution in [-0.2, 0) is 4.74 Å². The van der Waals surface area contributed by atoms with Crippen molar-refractivity contribution < 1.29 is 4.74 Å². The molecule has 2 heteroatoms. The fraction of sp³-hybridized carbons (Fsp3) is 0.235. The topological polar surface area (TPSA) is 33.0 Å². The summed E-state index contributed by atoms with van der Waals surface area (Å²) in [6.07, 6.45) is 7.51. The molecule has 0 aliphatic heterocycles. The van der Waals surface area contributed by atoms with Crippen LogP contribution in [0.2, 0.25) is 0 Å². The van der Waals surface area contributed by atoms with Gasteiger partial charge < -0.3 is 4.74 Å². The Morgan fingerprint density at radius 2 is 1.89 bits per heavy atom. The molecule has 19 heavy (non-hydrogen) atoms. The van der Waals surface area contributed by atoms with Crippen LogP contribution in [0.3, 0.4) is 0 Å². The Kier molecular flexibility index (Phi) is 2.97. The second kappa shape index (κ2) is 4.78. The first-order valence-corrected chi connectivity index (χ1v) is 6.51. The lowest BCUT2D eigenvalue weighted by atomic mass is 9.91. The molecule has 0 saturated carbocycles. The molecule has 2 nitrogen and oxygen atoms in total. The van der Waals surface area contributed by atoms with Crippen molar-refractivity contribution >= 4 is 5.57 Å². The predicted octanol–water partition coefficient (Wildman–Crippen LogP) is 3.97. The third kappa shape index (κ3) is 1.98. The summed E-state index contributed by atoms with van der Waals surface area (Å²) in [5.41, 5.74) is 5.94. The average molecular weight is 249 g/mol. The minimum absolute atomic E-state index is 0.706. The highest BCUT2D eigenvalue weighted by Crippen LogP contribution is 2.42. The van der Waals surface area contributed by atoms with Crippen molar-refractivity contribution in [2.45, 2.75) is 19.3 Å². The lowest BCUT2D eigenvalue weighted by Crippen LogP contribution is -2.00. The van der Waals surface area contributed by atoms with E-state index in [2.05, 4.69) is 18.2 Å². The summed E-state index contributed by atoms with van der Waals surface area (Å²) >= 11 is 0. The van der Waals surface area contributed by atoms with E-state index in [1.165, 1.54) is 22.3 Å². The molecule has 0 saturated heterocycles. The number of hydrogen-bond donors (Lipinski definition) is 0. The molecule has 2 aliphatic rings. The van der Waals surface area contributed by atoms with Gasteiger partial charge in [0.1, 0.15) is 5.76 Å². The van der Waals surface area contributed by atoms with Crippen molar-refractivity contribution in [3.63, 3.8) is 0 Å². The second-order valence-electron chi connectivity index (χ2n) is 4.78. The first kappa shape index (κ1) is 11.8. The van der Waals surface area contributed by atoms with Crippen molar-refractivity contribution in [2.24, 2.45) is 0 Å². The van der Waals surface area contributed by atoms with E-state index in [0.29, 0.717) is 5.56 Å². The van der Waals surface area contributed by atoms with E-state index < -0.39 is 0 Å². The largest absolute Gasteiger partial charge is 0.497 e. The van der Waals surface area contributed by atoms with Crippen LogP contribution in [0, 0.1) is 11.3 Å². The molecule has 1 aromatic rings. The minimum atomic E-state index is 0.706. The van der Waals surface area contributed by atoms with Gasteiger partial charge in [-0.05, 0) is 54.2 Å². The number of rotatable bonds is 2. The first-order chi connectivity index (χ1) is 9.33. The van der Waals surface area contributed by atoms with Gasteiger partial charge in [0.25, 0.3) is 0 Å². The highest BCUT2D eigenvalue weighted by atomic mass is 16.5. The zero-order chi connectivity index (χ0) is 13.2. The van der Waals surface area contributed by atoms with Crippen LogP contribution in [0.4, 0.5) is 0 Å². The average Bonchev–Trinajstić information content (AvgIpc) is 2.91. The van der Waals surface area contributed by atoms with Gasteiger partial charge in [0.2, 0.25) is 0 Å². The van der Waals surface area contributed by atoms with Gasteiger partial charge in [0.15, 0.2) is 0 Å². The zero-order valence-corrected chi connectivity index (χ0v) is 10.9. The van der Waals surface area contributed by atoms with Crippen LogP contribution in [-0.4, -0.2) is 7.11 Å². The van der Waals surface area contributed by atoms with Crippen LogP contribution in [0.5, 0.6) is 0 Å². The number of hydrogen-bond acceptors (Lipinski definition) is 2. The Hall–Kier alpha value is -2.27. The van der Waals surface area contributed by atoms with E-state index in [1.807, 2.05) is 24.3 Å². The molecule has 1 aromatic carbocycles. The number of ether oxygens (including phenoxy) is 1. The molecule has 0 aromatic heterocycles. The first-order valence-electron chi connectivity index (χ1n) is 6.51. The van der Waals surface area contributed by atoms with Gasteiger partial charge >= 0.3 is 0 Å². The van der Waals surface area contributed by atoms with Crippen molar-refractivity contribution in [1.82, 2.24) is 0 Å². The molecule has 94 valence electrons. The summed E-state index contributed by atoms with van der Waals surface area (Å²) < 4.78 is 5.45. The molecule has 0 amide bonds. The standard InChI is InChI=1S/C17H15NO/c1-19-17-4-2-3-15-14(9-10-16(15)17)13-7-5-12(11-18)6-8-13/h4-9H,2-3,10H2,1H3. The van der Waals surface area contributed by atoms with E-state index in [4.69, 9.17) is 10.00 Å². The number of nitrogens with zero attached hydrogens (tertiary/aromatic N) is 1. The van der Waals surface area contributed by atoms with Crippen LogP contribution in [0.15, 0.2) is 53.3 Å². The zero-order valence-electron chi connectivity index (χ0n) is 10.9.